The predicted molar refractivity (Wildman–Crippen MR) is 58.3 cm³/mol. The maximum Gasteiger partial charge on any atom is 0.459 e. The molecule has 0 aliphatic heterocycles. The molecule has 0 rings (SSSR count). The van der Waals surface area contributed by atoms with Crippen molar-refractivity contribution in [3.63, 3.8) is 0 Å². The van der Waals surface area contributed by atoms with Crippen LogP contribution in [0.2, 0.25) is 0 Å². The molecule has 12 nitrogen and oxygen atoms in total. The van der Waals surface area contributed by atoms with Gasteiger partial charge in [-0.25, -0.2) is 0 Å². The SMILES string of the molecule is [CH2]C(CCC(CC)([N+](=O)[O-])[N+](=O)[O-])([N+](=O)[O-])[N+](=O)[O-]. The molecule has 0 heterocycles. The first kappa shape index (κ1) is 16.6. The molecule has 0 aromatic heterocycles. The van der Waals surface area contributed by atoms with Crippen molar-refractivity contribution in [3.05, 3.63) is 47.4 Å². The van der Waals surface area contributed by atoms with Gasteiger partial charge in [0.05, 0.1) is 26.1 Å². The van der Waals surface area contributed by atoms with Crippen molar-refractivity contribution in [1.82, 2.24) is 0 Å². The summed E-state index contributed by atoms with van der Waals surface area (Å²) in [4.78, 5) is 37.6. The van der Waals surface area contributed by atoms with E-state index in [2.05, 4.69) is 6.92 Å². The van der Waals surface area contributed by atoms with E-state index in [0.29, 0.717) is 0 Å². The van der Waals surface area contributed by atoms with E-state index in [4.69, 9.17) is 0 Å². The number of nitro groups is 4. The van der Waals surface area contributed by atoms with Gasteiger partial charge in [-0.1, -0.05) is 6.92 Å². The van der Waals surface area contributed by atoms with Crippen molar-refractivity contribution in [3.8, 4) is 0 Å². The largest absolute Gasteiger partial charge is 0.459 e. The smallest absolute Gasteiger partial charge is 0.258 e. The molecule has 1 radical (unpaired) electrons. The fourth-order valence-corrected chi connectivity index (χ4v) is 1.33. The number of rotatable bonds is 8. The maximum atomic E-state index is 10.8. The minimum atomic E-state index is -2.94. The Morgan fingerprint density at radius 1 is 0.842 bits per heavy atom. The second-order valence-electron chi connectivity index (χ2n) is 3.85. The van der Waals surface area contributed by atoms with Gasteiger partial charge in [0.2, 0.25) is 0 Å². The summed E-state index contributed by atoms with van der Waals surface area (Å²) in [5.74, 6) is 0. The van der Waals surface area contributed by atoms with E-state index in [9.17, 15) is 40.5 Å². The van der Waals surface area contributed by atoms with Gasteiger partial charge in [-0.3, -0.25) is 40.5 Å². The summed E-state index contributed by atoms with van der Waals surface area (Å²) in [6, 6.07) is 0. The molecule has 0 spiro atoms. The molecule has 0 aliphatic carbocycles. The van der Waals surface area contributed by atoms with E-state index in [-0.39, 0.29) is 0 Å². The molecular weight excluding hydrogens is 268 g/mol. The maximum absolute atomic E-state index is 10.8. The van der Waals surface area contributed by atoms with Crippen LogP contribution in [0.5, 0.6) is 0 Å². The standard InChI is InChI=1S/C7H11N4O8/c1-3-7(10(16)17,11(18)19)5-4-6(2,8(12)13)9(14)15/h2-5H2,1H3. The molecule has 0 aromatic rings. The lowest BCUT2D eigenvalue weighted by molar-refractivity contribution is -0.809. The lowest BCUT2D eigenvalue weighted by atomic mass is 9.96. The van der Waals surface area contributed by atoms with Gasteiger partial charge in [0.1, 0.15) is 19.8 Å². The highest BCUT2D eigenvalue weighted by molar-refractivity contribution is 4.75. The van der Waals surface area contributed by atoms with Gasteiger partial charge >= 0.3 is 11.3 Å². The summed E-state index contributed by atoms with van der Waals surface area (Å²) in [7, 11) is 0. The van der Waals surface area contributed by atoms with Crippen LogP contribution >= 0.6 is 0 Å². The molecule has 0 aliphatic rings. The first-order chi connectivity index (χ1) is 8.54. The number of nitrogens with zero attached hydrogens (tertiary/aromatic N) is 4. The molecule has 0 N–H and O–H groups in total. The fraction of sp³-hybridized carbons (Fsp3) is 0.857. The second-order valence-corrected chi connectivity index (χ2v) is 3.85. The quantitative estimate of drug-likeness (QED) is 0.351. The van der Waals surface area contributed by atoms with Crippen LogP contribution in [-0.2, 0) is 0 Å². The molecule has 19 heavy (non-hydrogen) atoms. The lowest BCUT2D eigenvalue weighted by Crippen LogP contribution is -2.50. The fourth-order valence-electron chi connectivity index (χ4n) is 1.33. The molecule has 0 saturated carbocycles. The third-order valence-electron chi connectivity index (χ3n) is 2.85. The third kappa shape index (κ3) is 2.89. The second kappa shape index (κ2) is 5.49. The molecule has 107 valence electrons. The Labute approximate surface area is 106 Å². The minimum absolute atomic E-state index is 0.557. The van der Waals surface area contributed by atoms with Gasteiger partial charge in [-0.2, -0.15) is 0 Å². The van der Waals surface area contributed by atoms with Crippen LogP contribution in [0.4, 0.5) is 0 Å². The predicted octanol–water partition coefficient (Wildman–Crippen LogP) is 0.510. The zero-order valence-electron chi connectivity index (χ0n) is 9.88. The van der Waals surface area contributed by atoms with Crippen LogP contribution in [0.25, 0.3) is 0 Å². The molecule has 0 amide bonds. The van der Waals surface area contributed by atoms with Gasteiger partial charge in [0, 0.05) is 0 Å². The average Bonchev–Trinajstić information content (AvgIpc) is 2.28. The van der Waals surface area contributed by atoms with Crippen LogP contribution < -0.4 is 0 Å². The Bertz CT molecular complexity index is 393. The van der Waals surface area contributed by atoms with E-state index in [0.717, 1.165) is 6.92 Å². The van der Waals surface area contributed by atoms with Crippen LogP contribution in [-0.4, -0.2) is 31.0 Å². The summed E-state index contributed by atoms with van der Waals surface area (Å²) in [5.41, 5.74) is -5.62. The van der Waals surface area contributed by atoms with Gasteiger partial charge in [-0.15, -0.1) is 0 Å². The Morgan fingerprint density at radius 3 is 1.42 bits per heavy atom. The number of hydrogen-bond acceptors (Lipinski definition) is 8. The summed E-state index contributed by atoms with van der Waals surface area (Å²) in [5, 5.41) is 42.6. The van der Waals surface area contributed by atoms with E-state index in [1.165, 1.54) is 0 Å². The van der Waals surface area contributed by atoms with E-state index < -0.39 is 50.3 Å². The molecule has 0 aromatic carbocycles. The lowest BCUT2D eigenvalue weighted by Gasteiger charge is -2.17. The highest BCUT2D eigenvalue weighted by Gasteiger charge is 2.60. The Balaban J connectivity index is 5.32. The first-order valence-corrected chi connectivity index (χ1v) is 4.98. The Hall–Kier alpha value is -2.40. The van der Waals surface area contributed by atoms with Crippen molar-refractivity contribution in [1.29, 1.82) is 0 Å². The van der Waals surface area contributed by atoms with E-state index >= 15 is 0 Å². The zero-order valence-corrected chi connectivity index (χ0v) is 9.88. The Morgan fingerprint density at radius 2 is 1.21 bits per heavy atom. The molecule has 0 saturated heterocycles. The van der Waals surface area contributed by atoms with Gasteiger partial charge in [0.25, 0.3) is 0 Å². The summed E-state index contributed by atoms with van der Waals surface area (Å²) >= 11 is 0. The van der Waals surface area contributed by atoms with Crippen LogP contribution in [0.3, 0.4) is 0 Å². The topological polar surface area (TPSA) is 173 Å². The molecule has 0 unspecified atom stereocenters. The summed E-state index contributed by atoms with van der Waals surface area (Å²) < 4.78 is 0. The minimum Gasteiger partial charge on any atom is -0.258 e. The van der Waals surface area contributed by atoms with Gasteiger partial charge < -0.3 is 0 Å². The average molecular weight is 279 g/mol. The number of hydrogen-bond donors (Lipinski definition) is 0. The first-order valence-electron chi connectivity index (χ1n) is 4.98. The normalized spacial score (nSPS) is 11.9. The molecule has 0 atom stereocenters. The van der Waals surface area contributed by atoms with Gasteiger partial charge in [-0.05, 0) is 0 Å². The molecule has 12 heteroatoms. The van der Waals surface area contributed by atoms with Crippen LogP contribution in [0, 0.1) is 47.4 Å². The summed E-state index contributed by atoms with van der Waals surface area (Å²) in [6.07, 6.45) is -2.55. The van der Waals surface area contributed by atoms with Crippen molar-refractivity contribution in [2.75, 3.05) is 0 Å². The van der Waals surface area contributed by atoms with E-state index in [1.807, 2.05) is 0 Å². The summed E-state index contributed by atoms with van der Waals surface area (Å²) in [6.45, 7) is 3.93. The van der Waals surface area contributed by atoms with Crippen molar-refractivity contribution >= 4 is 0 Å². The molecular formula is C7H11N4O8. The molecule has 0 bridgehead atoms. The highest BCUT2D eigenvalue weighted by Crippen LogP contribution is 2.27. The van der Waals surface area contributed by atoms with Crippen molar-refractivity contribution in [2.45, 2.75) is 37.5 Å². The Kier molecular flexibility index (Phi) is 4.80. The van der Waals surface area contributed by atoms with Crippen LogP contribution in [0.1, 0.15) is 26.2 Å². The van der Waals surface area contributed by atoms with E-state index in [1.54, 1.807) is 0 Å². The van der Waals surface area contributed by atoms with Crippen LogP contribution in [0.15, 0.2) is 0 Å². The highest BCUT2D eigenvalue weighted by atomic mass is 16.7. The van der Waals surface area contributed by atoms with Crippen molar-refractivity contribution < 1.29 is 19.7 Å². The third-order valence-corrected chi connectivity index (χ3v) is 2.85. The monoisotopic (exact) mass is 279 g/mol. The molecule has 0 fully saturated rings. The van der Waals surface area contributed by atoms with Crippen molar-refractivity contribution in [2.24, 2.45) is 0 Å². The zero-order chi connectivity index (χ0) is 15.4. The van der Waals surface area contributed by atoms with Gasteiger partial charge in [0.15, 0.2) is 0 Å².